The van der Waals surface area contributed by atoms with E-state index in [1.54, 1.807) is 26.8 Å². The Balaban J connectivity index is 2.10. The van der Waals surface area contributed by atoms with Crippen molar-refractivity contribution in [1.29, 1.82) is 0 Å². The molecule has 0 saturated heterocycles. The SMILES string of the molecule is CCc1noc(-c2c(C)[nH]c(C)c2S(=O)(=O)Nc2ccc(C)cc2F)n1. The first-order chi connectivity index (χ1) is 12.2. The highest BCUT2D eigenvalue weighted by Crippen LogP contribution is 2.34. The molecule has 7 nitrogen and oxygen atoms in total. The van der Waals surface area contributed by atoms with Crippen molar-refractivity contribution in [2.45, 2.75) is 39.0 Å². The first kappa shape index (κ1) is 18.1. The molecule has 0 spiro atoms. The number of anilines is 1. The summed E-state index contributed by atoms with van der Waals surface area (Å²) < 4.78 is 47.5. The molecule has 3 rings (SSSR count). The maximum atomic E-state index is 14.1. The van der Waals surface area contributed by atoms with Gasteiger partial charge in [0.05, 0.1) is 11.3 Å². The van der Waals surface area contributed by atoms with Gasteiger partial charge in [-0.15, -0.1) is 0 Å². The zero-order valence-corrected chi connectivity index (χ0v) is 15.7. The third-order valence-electron chi connectivity index (χ3n) is 3.95. The van der Waals surface area contributed by atoms with Crippen molar-refractivity contribution in [1.82, 2.24) is 15.1 Å². The predicted octanol–water partition coefficient (Wildman–Crippen LogP) is 3.49. The van der Waals surface area contributed by atoms with Crippen molar-refractivity contribution < 1.29 is 17.3 Å². The molecule has 1 aromatic carbocycles. The monoisotopic (exact) mass is 378 g/mol. The predicted molar refractivity (Wildman–Crippen MR) is 94.9 cm³/mol. The Bertz CT molecular complexity index is 1070. The number of benzene rings is 1. The standard InChI is InChI=1S/C17H19FN4O3S/c1-5-14-20-17(25-21-14)15-10(3)19-11(4)16(15)26(23,24)22-13-7-6-9(2)8-12(13)18/h6-8,19,22H,5H2,1-4H3. The molecule has 0 fully saturated rings. The third-order valence-corrected chi connectivity index (χ3v) is 5.49. The number of halogens is 1. The molecule has 0 aliphatic rings. The second kappa shape index (κ2) is 6.56. The second-order valence-electron chi connectivity index (χ2n) is 6.04. The fourth-order valence-electron chi connectivity index (χ4n) is 2.75. The Labute approximate surface area is 150 Å². The van der Waals surface area contributed by atoms with E-state index >= 15 is 0 Å². The van der Waals surface area contributed by atoms with Gasteiger partial charge in [-0.05, 0) is 38.5 Å². The average molecular weight is 378 g/mol. The van der Waals surface area contributed by atoms with Crippen LogP contribution in [0.4, 0.5) is 10.1 Å². The summed E-state index contributed by atoms with van der Waals surface area (Å²) in [4.78, 5) is 7.16. The maximum absolute atomic E-state index is 14.1. The number of nitrogens with one attached hydrogen (secondary N) is 2. The molecule has 0 amide bonds. The average Bonchev–Trinajstić information content (AvgIpc) is 3.13. The van der Waals surface area contributed by atoms with E-state index in [1.165, 1.54) is 12.1 Å². The van der Waals surface area contributed by atoms with Gasteiger partial charge in [-0.1, -0.05) is 18.1 Å². The van der Waals surface area contributed by atoms with Crippen LogP contribution in [0.15, 0.2) is 27.6 Å². The van der Waals surface area contributed by atoms with Gasteiger partial charge in [-0.2, -0.15) is 4.98 Å². The van der Waals surface area contributed by atoms with Gasteiger partial charge in [-0.3, -0.25) is 4.72 Å². The highest BCUT2D eigenvalue weighted by Gasteiger charge is 2.29. The Hall–Kier alpha value is -2.68. The van der Waals surface area contributed by atoms with Gasteiger partial charge in [0.2, 0.25) is 0 Å². The molecule has 0 aliphatic heterocycles. The molecule has 0 saturated carbocycles. The molecule has 0 bridgehead atoms. The summed E-state index contributed by atoms with van der Waals surface area (Å²) in [5, 5.41) is 3.82. The lowest BCUT2D eigenvalue weighted by molar-refractivity contribution is 0.422. The van der Waals surface area contributed by atoms with Crippen LogP contribution in [0.1, 0.15) is 29.7 Å². The number of aromatic nitrogens is 3. The molecular formula is C17H19FN4O3S. The van der Waals surface area contributed by atoms with Gasteiger partial charge in [0.15, 0.2) is 5.82 Å². The number of nitrogens with zero attached hydrogens (tertiary/aromatic N) is 2. The Morgan fingerprint density at radius 3 is 2.58 bits per heavy atom. The van der Waals surface area contributed by atoms with Crippen LogP contribution in [0.25, 0.3) is 11.5 Å². The van der Waals surface area contributed by atoms with E-state index in [2.05, 4.69) is 19.8 Å². The van der Waals surface area contributed by atoms with Gasteiger partial charge in [0.1, 0.15) is 10.7 Å². The maximum Gasteiger partial charge on any atom is 0.264 e. The van der Waals surface area contributed by atoms with Gasteiger partial charge in [0, 0.05) is 17.8 Å². The zero-order valence-electron chi connectivity index (χ0n) is 14.8. The normalized spacial score (nSPS) is 11.7. The molecule has 2 N–H and O–H groups in total. The van der Waals surface area contributed by atoms with Crippen LogP contribution in [0.5, 0.6) is 0 Å². The molecule has 0 unspecified atom stereocenters. The van der Waals surface area contributed by atoms with Crippen LogP contribution < -0.4 is 4.72 Å². The molecule has 138 valence electrons. The lowest BCUT2D eigenvalue weighted by Gasteiger charge is -2.10. The minimum atomic E-state index is -4.08. The van der Waals surface area contributed by atoms with Crippen molar-refractivity contribution in [3.63, 3.8) is 0 Å². The summed E-state index contributed by atoms with van der Waals surface area (Å²) >= 11 is 0. The highest BCUT2D eigenvalue weighted by atomic mass is 32.2. The van der Waals surface area contributed by atoms with Crippen LogP contribution in [-0.2, 0) is 16.4 Å². The topological polar surface area (TPSA) is 101 Å². The molecule has 0 radical (unpaired) electrons. The summed E-state index contributed by atoms with van der Waals surface area (Å²) in [5.74, 6) is -0.0707. The number of H-pyrrole nitrogens is 1. The number of sulfonamides is 1. The van der Waals surface area contributed by atoms with E-state index in [-0.39, 0.29) is 22.0 Å². The first-order valence-corrected chi connectivity index (χ1v) is 9.52. The molecule has 9 heteroatoms. The third kappa shape index (κ3) is 3.22. The van der Waals surface area contributed by atoms with Gasteiger partial charge in [-0.25, -0.2) is 12.8 Å². The molecule has 0 aliphatic carbocycles. The number of aromatic amines is 1. The first-order valence-electron chi connectivity index (χ1n) is 8.04. The largest absolute Gasteiger partial charge is 0.361 e. The van der Waals surface area contributed by atoms with E-state index in [9.17, 15) is 12.8 Å². The van der Waals surface area contributed by atoms with Crippen molar-refractivity contribution in [2.24, 2.45) is 0 Å². The highest BCUT2D eigenvalue weighted by molar-refractivity contribution is 7.93. The van der Waals surface area contributed by atoms with E-state index < -0.39 is 15.8 Å². The Morgan fingerprint density at radius 1 is 1.23 bits per heavy atom. The van der Waals surface area contributed by atoms with Crippen molar-refractivity contribution in [2.75, 3.05) is 4.72 Å². The number of hydrogen-bond donors (Lipinski definition) is 2. The van der Waals surface area contributed by atoms with Crippen molar-refractivity contribution >= 4 is 15.7 Å². The minimum Gasteiger partial charge on any atom is -0.361 e. The number of hydrogen-bond acceptors (Lipinski definition) is 5. The van der Waals surface area contributed by atoms with Crippen LogP contribution in [0.3, 0.4) is 0 Å². The van der Waals surface area contributed by atoms with Crippen LogP contribution in [-0.4, -0.2) is 23.5 Å². The Kier molecular flexibility index (Phi) is 4.57. The molecule has 2 aromatic heterocycles. The van der Waals surface area contributed by atoms with E-state index in [0.717, 1.165) is 0 Å². The van der Waals surface area contributed by atoms with E-state index in [0.29, 0.717) is 29.2 Å². The molecule has 2 heterocycles. The summed E-state index contributed by atoms with van der Waals surface area (Å²) in [5.41, 5.74) is 1.82. The van der Waals surface area contributed by atoms with Gasteiger partial charge < -0.3 is 9.51 Å². The zero-order chi connectivity index (χ0) is 19.1. The molecule has 3 aromatic rings. The summed E-state index contributed by atoms with van der Waals surface area (Å²) in [6.07, 6.45) is 0.556. The summed E-state index contributed by atoms with van der Waals surface area (Å²) in [6.45, 7) is 6.92. The second-order valence-corrected chi connectivity index (χ2v) is 7.66. The number of rotatable bonds is 5. The van der Waals surface area contributed by atoms with Crippen molar-refractivity contribution in [3.05, 3.63) is 46.8 Å². The van der Waals surface area contributed by atoms with E-state index in [1.807, 2.05) is 6.92 Å². The number of aryl methyl sites for hydroxylation is 4. The molecule has 0 atom stereocenters. The van der Waals surface area contributed by atoms with Crippen LogP contribution in [0.2, 0.25) is 0 Å². The Morgan fingerprint density at radius 2 is 1.96 bits per heavy atom. The van der Waals surface area contributed by atoms with E-state index in [4.69, 9.17) is 4.52 Å². The smallest absolute Gasteiger partial charge is 0.264 e. The lowest BCUT2D eigenvalue weighted by Crippen LogP contribution is -2.15. The minimum absolute atomic E-state index is 0.0405. The fraction of sp³-hybridized carbons (Fsp3) is 0.294. The van der Waals surface area contributed by atoms with Crippen LogP contribution >= 0.6 is 0 Å². The quantitative estimate of drug-likeness (QED) is 0.708. The summed E-state index contributed by atoms with van der Waals surface area (Å²) in [6, 6.07) is 4.28. The fourth-order valence-corrected chi connectivity index (χ4v) is 4.27. The molecule has 26 heavy (non-hydrogen) atoms. The van der Waals surface area contributed by atoms with Crippen molar-refractivity contribution in [3.8, 4) is 11.5 Å². The van der Waals surface area contributed by atoms with Crippen LogP contribution in [0, 0.1) is 26.6 Å². The molecular weight excluding hydrogens is 359 g/mol. The van der Waals surface area contributed by atoms with Gasteiger partial charge in [0.25, 0.3) is 15.9 Å². The lowest BCUT2D eigenvalue weighted by atomic mass is 10.2. The summed E-state index contributed by atoms with van der Waals surface area (Å²) in [7, 11) is -4.08. The van der Waals surface area contributed by atoms with Gasteiger partial charge >= 0.3 is 0 Å².